The van der Waals surface area contributed by atoms with Crippen molar-refractivity contribution in [3.8, 4) is 11.4 Å². The molecular formula is C13H20N4O. The lowest BCUT2D eigenvalue weighted by Crippen LogP contribution is -2.21. The van der Waals surface area contributed by atoms with Gasteiger partial charge in [-0.05, 0) is 25.5 Å². The Morgan fingerprint density at radius 2 is 1.78 bits per heavy atom. The van der Waals surface area contributed by atoms with Gasteiger partial charge in [-0.15, -0.1) is 0 Å². The zero-order valence-electron chi connectivity index (χ0n) is 10.5. The SMILES string of the molecule is C.Cc1cc(C)c(=O)n(C)c1-c1cc(N)n(C)n1. The van der Waals surface area contributed by atoms with E-state index in [2.05, 4.69) is 5.10 Å². The van der Waals surface area contributed by atoms with E-state index in [-0.39, 0.29) is 13.0 Å². The van der Waals surface area contributed by atoms with Crippen LogP contribution in [0.25, 0.3) is 11.4 Å². The van der Waals surface area contributed by atoms with Crippen LogP contribution >= 0.6 is 0 Å². The molecule has 5 heteroatoms. The monoisotopic (exact) mass is 248 g/mol. The van der Waals surface area contributed by atoms with Crippen molar-refractivity contribution in [2.75, 3.05) is 5.73 Å². The molecule has 0 aliphatic carbocycles. The number of nitrogens with two attached hydrogens (primary N) is 1. The molecule has 0 aromatic carbocycles. The van der Waals surface area contributed by atoms with Crippen LogP contribution in [-0.4, -0.2) is 14.3 Å². The molecule has 5 nitrogen and oxygen atoms in total. The van der Waals surface area contributed by atoms with Crippen molar-refractivity contribution in [2.24, 2.45) is 14.1 Å². The number of nitrogens with zero attached hydrogens (tertiary/aromatic N) is 3. The van der Waals surface area contributed by atoms with Gasteiger partial charge in [0.2, 0.25) is 0 Å². The molecule has 18 heavy (non-hydrogen) atoms. The van der Waals surface area contributed by atoms with E-state index >= 15 is 0 Å². The summed E-state index contributed by atoms with van der Waals surface area (Å²) in [4.78, 5) is 11.9. The molecule has 2 N–H and O–H groups in total. The summed E-state index contributed by atoms with van der Waals surface area (Å²) in [5.41, 5.74) is 9.04. The van der Waals surface area contributed by atoms with Crippen LogP contribution in [0.2, 0.25) is 0 Å². The van der Waals surface area contributed by atoms with Gasteiger partial charge in [-0.1, -0.05) is 7.43 Å². The Bertz CT molecular complexity index is 618. The lowest BCUT2D eigenvalue weighted by molar-refractivity contribution is 0.772. The van der Waals surface area contributed by atoms with Crippen molar-refractivity contribution >= 4 is 5.82 Å². The van der Waals surface area contributed by atoms with E-state index in [0.717, 1.165) is 22.5 Å². The third-order valence-electron chi connectivity index (χ3n) is 2.94. The van der Waals surface area contributed by atoms with Gasteiger partial charge >= 0.3 is 0 Å². The molecule has 0 fully saturated rings. The lowest BCUT2D eigenvalue weighted by atomic mass is 10.1. The first-order valence-corrected chi connectivity index (χ1v) is 5.39. The van der Waals surface area contributed by atoms with E-state index < -0.39 is 0 Å². The van der Waals surface area contributed by atoms with Crippen LogP contribution in [0.5, 0.6) is 0 Å². The van der Waals surface area contributed by atoms with Gasteiger partial charge in [0.25, 0.3) is 5.56 Å². The van der Waals surface area contributed by atoms with Gasteiger partial charge in [0.05, 0.1) is 5.69 Å². The quantitative estimate of drug-likeness (QED) is 0.834. The molecule has 2 aromatic heterocycles. The largest absolute Gasteiger partial charge is 0.384 e. The third-order valence-corrected chi connectivity index (χ3v) is 2.94. The van der Waals surface area contributed by atoms with Crippen LogP contribution in [0.3, 0.4) is 0 Å². The average Bonchev–Trinajstić information content (AvgIpc) is 2.56. The highest BCUT2D eigenvalue weighted by Crippen LogP contribution is 2.22. The second kappa shape index (κ2) is 4.68. The Kier molecular flexibility index (Phi) is 3.65. The third kappa shape index (κ3) is 2.03. The van der Waals surface area contributed by atoms with Crippen LogP contribution < -0.4 is 11.3 Å². The molecule has 0 amide bonds. The predicted octanol–water partition coefficient (Wildman–Crippen LogP) is 1.62. The van der Waals surface area contributed by atoms with E-state index in [4.69, 9.17) is 5.73 Å². The van der Waals surface area contributed by atoms with Gasteiger partial charge in [0.1, 0.15) is 11.5 Å². The standard InChI is InChI=1S/C12H16N4O.CH4/c1-7-5-8(2)12(17)15(3)11(7)9-6-10(13)16(4)14-9;/h5-6H,13H2,1-4H3;1H4. The van der Waals surface area contributed by atoms with Gasteiger partial charge in [0.15, 0.2) is 0 Å². The van der Waals surface area contributed by atoms with E-state index in [1.54, 1.807) is 29.4 Å². The number of rotatable bonds is 1. The number of hydrogen-bond donors (Lipinski definition) is 1. The highest BCUT2D eigenvalue weighted by molar-refractivity contribution is 5.62. The number of pyridine rings is 1. The molecule has 0 unspecified atom stereocenters. The van der Waals surface area contributed by atoms with Crippen LogP contribution in [0.1, 0.15) is 18.6 Å². The van der Waals surface area contributed by atoms with Gasteiger partial charge in [0, 0.05) is 25.7 Å². The smallest absolute Gasteiger partial charge is 0.253 e. The molecular weight excluding hydrogens is 228 g/mol. The fraction of sp³-hybridized carbons (Fsp3) is 0.385. The maximum Gasteiger partial charge on any atom is 0.253 e. The molecule has 98 valence electrons. The molecule has 2 heterocycles. The molecule has 0 saturated carbocycles. The summed E-state index contributed by atoms with van der Waals surface area (Å²) in [7, 11) is 3.53. The molecule has 0 bridgehead atoms. The molecule has 0 spiro atoms. The minimum atomic E-state index is -0.00479. The Morgan fingerprint density at radius 3 is 2.28 bits per heavy atom. The van der Waals surface area contributed by atoms with Crippen LogP contribution in [0.4, 0.5) is 5.82 Å². The first kappa shape index (κ1) is 14.0. The van der Waals surface area contributed by atoms with Crippen molar-refractivity contribution in [1.29, 1.82) is 0 Å². The van der Waals surface area contributed by atoms with Crippen molar-refractivity contribution < 1.29 is 0 Å². The second-order valence-corrected chi connectivity index (χ2v) is 4.30. The van der Waals surface area contributed by atoms with Crippen LogP contribution in [-0.2, 0) is 14.1 Å². The van der Waals surface area contributed by atoms with E-state index in [1.165, 1.54) is 0 Å². The van der Waals surface area contributed by atoms with Gasteiger partial charge in [-0.25, -0.2) is 0 Å². The second-order valence-electron chi connectivity index (χ2n) is 4.30. The summed E-state index contributed by atoms with van der Waals surface area (Å²) in [6.45, 7) is 3.78. The van der Waals surface area contributed by atoms with E-state index in [9.17, 15) is 4.79 Å². The van der Waals surface area contributed by atoms with Gasteiger partial charge in [-0.3, -0.25) is 9.48 Å². The van der Waals surface area contributed by atoms with Crippen LogP contribution in [0, 0.1) is 13.8 Å². The molecule has 0 radical (unpaired) electrons. The lowest BCUT2D eigenvalue weighted by Gasteiger charge is -2.10. The molecule has 2 aromatic rings. The molecule has 0 saturated heterocycles. The van der Waals surface area contributed by atoms with Crippen molar-refractivity contribution in [2.45, 2.75) is 21.3 Å². The summed E-state index contributed by atoms with van der Waals surface area (Å²) in [6, 6.07) is 3.65. The summed E-state index contributed by atoms with van der Waals surface area (Å²) in [6.07, 6.45) is 0. The Morgan fingerprint density at radius 1 is 1.17 bits per heavy atom. The zero-order chi connectivity index (χ0) is 12.7. The van der Waals surface area contributed by atoms with E-state index in [0.29, 0.717) is 5.82 Å². The average molecular weight is 248 g/mol. The number of hydrogen-bond acceptors (Lipinski definition) is 3. The highest BCUT2D eigenvalue weighted by atomic mass is 16.1. The van der Waals surface area contributed by atoms with Crippen molar-refractivity contribution in [1.82, 2.24) is 14.3 Å². The van der Waals surface area contributed by atoms with Crippen molar-refractivity contribution in [3.63, 3.8) is 0 Å². The normalized spacial score (nSPS) is 10.2. The predicted molar refractivity (Wildman–Crippen MR) is 74.5 cm³/mol. The van der Waals surface area contributed by atoms with Gasteiger partial charge < -0.3 is 10.3 Å². The molecule has 0 aliphatic rings. The van der Waals surface area contributed by atoms with Crippen molar-refractivity contribution in [3.05, 3.63) is 33.6 Å². The highest BCUT2D eigenvalue weighted by Gasteiger charge is 2.13. The topological polar surface area (TPSA) is 65.8 Å². The van der Waals surface area contributed by atoms with Crippen LogP contribution in [0.15, 0.2) is 16.9 Å². The number of anilines is 1. The number of aryl methyl sites for hydroxylation is 3. The fourth-order valence-electron chi connectivity index (χ4n) is 2.06. The summed E-state index contributed by atoms with van der Waals surface area (Å²) in [5, 5.41) is 4.30. The maximum absolute atomic E-state index is 11.9. The fourth-order valence-corrected chi connectivity index (χ4v) is 2.06. The Labute approximate surface area is 107 Å². The Balaban J connectivity index is 0.00000162. The maximum atomic E-state index is 11.9. The summed E-state index contributed by atoms with van der Waals surface area (Å²) in [5.74, 6) is 0.576. The molecule has 0 atom stereocenters. The summed E-state index contributed by atoms with van der Waals surface area (Å²) >= 11 is 0. The number of nitrogen functional groups attached to an aromatic ring is 1. The Hall–Kier alpha value is -2.04. The molecule has 0 aliphatic heterocycles. The van der Waals surface area contributed by atoms with E-state index in [1.807, 2.05) is 19.9 Å². The first-order chi connectivity index (χ1) is 7.91. The zero-order valence-corrected chi connectivity index (χ0v) is 10.5. The summed E-state index contributed by atoms with van der Waals surface area (Å²) < 4.78 is 3.21. The minimum absolute atomic E-state index is 0. The minimum Gasteiger partial charge on any atom is -0.384 e. The number of aromatic nitrogens is 3. The first-order valence-electron chi connectivity index (χ1n) is 5.39. The van der Waals surface area contributed by atoms with Gasteiger partial charge in [-0.2, -0.15) is 5.10 Å². The molecule has 2 rings (SSSR count).